The Labute approximate surface area is 157 Å². The van der Waals surface area contributed by atoms with Gasteiger partial charge in [0.25, 0.3) is 5.91 Å². The summed E-state index contributed by atoms with van der Waals surface area (Å²) in [6, 6.07) is 9.76. The lowest BCUT2D eigenvalue weighted by molar-refractivity contribution is 0.0928. The van der Waals surface area contributed by atoms with Crippen LogP contribution in [0.25, 0.3) is 11.1 Å². The molecule has 2 unspecified atom stereocenters. The summed E-state index contributed by atoms with van der Waals surface area (Å²) in [5, 5.41) is 6.80. The van der Waals surface area contributed by atoms with E-state index in [4.69, 9.17) is 0 Å². The minimum atomic E-state index is -0.245. The lowest BCUT2D eigenvalue weighted by Gasteiger charge is -2.29. The number of piperidine rings is 1. The number of nitrogens with one attached hydrogen (secondary N) is 2. The molecule has 1 aromatic heterocycles. The lowest BCUT2D eigenvalue weighted by atomic mass is 10.00. The number of rotatable bonds is 3. The van der Waals surface area contributed by atoms with E-state index in [1.807, 2.05) is 13.0 Å². The first-order valence-corrected chi connectivity index (χ1v) is 9.33. The molecule has 134 valence electrons. The van der Waals surface area contributed by atoms with Gasteiger partial charge in [0.1, 0.15) is 5.82 Å². The second kappa shape index (κ2) is 7.44. The molecule has 3 heterocycles. The van der Waals surface area contributed by atoms with Crippen LogP contribution in [-0.2, 0) is 0 Å². The molecule has 2 saturated heterocycles. The van der Waals surface area contributed by atoms with Gasteiger partial charge in [-0.15, -0.1) is 23.7 Å². The van der Waals surface area contributed by atoms with Gasteiger partial charge in [-0.1, -0.05) is 12.1 Å². The average molecular weight is 381 g/mol. The van der Waals surface area contributed by atoms with Crippen LogP contribution in [0.1, 0.15) is 40.2 Å². The minimum absolute atomic E-state index is 0. The predicted molar refractivity (Wildman–Crippen MR) is 102 cm³/mol. The van der Waals surface area contributed by atoms with E-state index >= 15 is 0 Å². The number of thiophene rings is 1. The highest BCUT2D eigenvalue weighted by atomic mass is 35.5. The maximum atomic E-state index is 13.1. The van der Waals surface area contributed by atoms with Crippen LogP contribution in [0.15, 0.2) is 30.3 Å². The van der Waals surface area contributed by atoms with Gasteiger partial charge in [0.05, 0.1) is 4.88 Å². The zero-order valence-corrected chi connectivity index (χ0v) is 15.7. The van der Waals surface area contributed by atoms with Crippen LogP contribution in [0.2, 0.25) is 0 Å². The Morgan fingerprint density at radius 3 is 2.48 bits per heavy atom. The quantitative estimate of drug-likeness (QED) is 0.833. The summed E-state index contributed by atoms with van der Waals surface area (Å²) in [6.45, 7) is 2.00. The smallest absolute Gasteiger partial charge is 0.261 e. The van der Waals surface area contributed by atoms with Crippen molar-refractivity contribution in [1.29, 1.82) is 0 Å². The highest BCUT2D eigenvalue weighted by Gasteiger charge is 2.34. The normalized spacial score (nSPS) is 24.6. The van der Waals surface area contributed by atoms with Crippen molar-refractivity contribution in [3.05, 3.63) is 45.9 Å². The molecule has 2 atom stereocenters. The van der Waals surface area contributed by atoms with E-state index in [2.05, 4.69) is 10.6 Å². The zero-order chi connectivity index (χ0) is 16.7. The van der Waals surface area contributed by atoms with E-state index in [1.54, 1.807) is 12.1 Å². The van der Waals surface area contributed by atoms with E-state index in [0.717, 1.165) is 33.7 Å². The third-order valence-corrected chi connectivity index (χ3v) is 6.15. The largest absolute Gasteiger partial charge is 0.348 e. The first-order chi connectivity index (χ1) is 11.6. The van der Waals surface area contributed by atoms with Crippen molar-refractivity contribution >= 4 is 29.7 Å². The molecule has 2 N–H and O–H groups in total. The zero-order valence-electron chi connectivity index (χ0n) is 14.0. The first-order valence-electron chi connectivity index (χ1n) is 8.52. The van der Waals surface area contributed by atoms with Crippen molar-refractivity contribution in [2.45, 2.75) is 50.7 Å². The Morgan fingerprint density at radius 1 is 1.20 bits per heavy atom. The number of aryl methyl sites for hydroxylation is 1. The molecule has 0 radical (unpaired) electrons. The van der Waals surface area contributed by atoms with E-state index in [0.29, 0.717) is 12.1 Å². The van der Waals surface area contributed by atoms with Gasteiger partial charge in [-0.05, 0) is 61.9 Å². The summed E-state index contributed by atoms with van der Waals surface area (Å²) >= 11 is 1.51. The topological polar surface area (TPSA) is 41.1 Å². The number of benzene rings is 1. The SMILES string of the molecule is Cc1sc(C(=O)NC2CC3CCC(C2)N3)cc1-c1ccc(F)cc1.Cl. The maximum absolute atomic E-state index is 13.1. The van der Waals surface area contributed by atoms with Gasteiger partial charge >= 0.3 is 0 Å². The number of amides is 1. The van der Waals surface area contributed by atoms with Gasteiger partial charge in [-0.3, -0.25) is 4.79 Å². The van der Waals surface area contributed by atoms with Crippen molar-refractivity contribution in [3.63, 3.8) is 0 Å². The predicted octanol–water partition coefficient (Wildman–Crippen LogP) is 4.30. The van der Waals surface area contributed by atoms with Crippen LogP contribution < -0.4 is 10.6 Å². The Balaban J connectivity index is 0.00000182. The molecule has 1 aromatic carbocycles. The molecule has 2 aromatic rings. The summed E-state index contributed by atoms with van der Waals surface area (Å²) < 4.78 is 13.1. The fourth-order valence-electron chi connectivity index (χ4n) is 3.94. The second-order valence-corrected chi connectivity index (χ2v) is 8.12. The Morgan fingerprint density at radius 2 is 1.84 bits per heavy atom. The molecule has 2 aliphatic heterocycles. The summed E-state index contributed by atoms with van der Waals surface area (Å²) in [7, 11) is 0. The van der Waals surface area contributed by atoms with Crippen molar-refractivity contribution < 1.29 is 9.18 Å². The fraction of sp³-hybridized carbons (Fsp3) is 0.421. The molecule has 0 aliphatic carbocycles. The number of carbonyl (C=O) groups is 1. The second-order valence-electron chi connectivity index (χ2n) is 6.87. The molecule has 0 spiro atoms. The van der Waals surface area contributed by atoms with Gasteiger partial charge in [-0.25, -0.2) is 4.39 Å². The number of halogens is 2. The highest BCUT2D eigenvalue weighted by Crippen LogP contribution is 2.32. The third-order valence-electron chi connectivity index (χ3n) is 5.11. The third kappa shape index (κ3) is 3.89. The molecule has 4 rings (SSSR count). The Kier molecular flexibility index (Phi) is 5.46. The van der Waals surface area contributed by atoms with Crippen LogP contribution in [0.3, 0.4) is 0 Å². The van der Waals surface area contributed by atoms with E-state index in [-0.39, 0.29) is 30.2 Å². The van der Waals surface area contributed by atoms with Gasteiger partial charge in [0.15, 0.2) is 0 Å². The molecule has 2 fully saturated rings. The summed E-state index contributed by atoms with van der Waals surface area (Å²) in [5.41, 5.74) is 1.96. The van der Waals surface area contributed by atoms with E-state index in [1.165, 1.54) is 36.3 Å². The maximum Gasteiger partial charge on any atom is 0.261 e. The van der Waals surface area contributed by atoms with Crippen molar-refractivity contribution in [3.8, 4) is 11.1 Å². The van der Waals surface area contributed by atoms with Crippen molar-refractivity contribution in [2.24, 2.45) is 0 Å². The molecular weight excluding hydrogens is 359 g/mol. The van der Waals surface area contributed by atoms with Gasteiger partial charge < -0.3 is 10.6 Å². The Hall–Kier alpha value is -1.43. The number of fused-ring (bicyclic) bond motifs is 2. The molecule has 1 amide bonds. The molecule has 2 bridgehead atoms. The summed E-state index contributed by atoms with van der Waals surface area (Å²) in [4.78, 5) is 14.4. The van der Waals surface area contributed by atoms with Crippen LogP contribution in [-0.4, -0.2) is 24.0 Å². The fourth-order valence-corrected chi connectivity index (χ4v) is 4.89. The van der Waals surface area contributed by atoms with E-state index in [9.17, 15) is 9.18 Å². The van der Waals surface area contributed by atoms with E-state index < -0.39 is 0 Å². The molecular formula is C19H22ClFN2OS. The van der Waals surface area contributed by atoms with Gasteiger partial charge in [0.2, 0.25) is 0 Å². The molecule has 6 heteroatoms. The van der Waals surface area contributed by atoms with Gasteiger partial charge in [0, 0.05) is 23.0 Å². The average Bonchev–Trinajstić information content (AvgIpc) is 3.11. The van der Waals surface area contributed by atoms with Gasteiger partial charge in [-0.2, -0.15) is 0 Å². The highest BCUT2D eigenvalue weighted by molar-refractivity contribution is 7.14. The number of hydrogen-bond acceptors (Lipinski definition) is 3. The molecule has 0 saturated carbocycles. The van der Waals surface area contributed by atoms with Crippen molar-refractivity contribution in [2.75, 3.05) is 0 Å². The summed E-state index contributed by atoms with van der Waals surface area (Å²) in [5.74, 6) is -0.229. The lowest BCUT2D eigenvalue weighted by Crippen LogP contribution is -2.47. The minimum Gasteiger partial charge on any atom is -0.348 e. The van der Waals surface area contributed by atoms with Crippen LogP contribution >= 0.6 is 23.7 Å². The standard InChI is InChI=1S/C19H21FN2OS.ClH/c1-11-17(12-2-4-13(20)5-3-12)10-18(24-11)19(23)22-16-8-14-6-7-15(9-16)21-14;/h2-5,10,14-16,21H,6-9H2,1H3,(H,22,23);1H. The van der Waals surface area contributed by atoms with Crippen LogP contribution in [0.5, 0.6) is 0 Å². The Bertz CT molecular complexity index is 749. The first kappa shape index (κ1) is 18.4. The number of carbonyl (C=O) groups excluding carboxylic acids is 1. The number of hydrogen-bond donors (Lipinski definition) is 2. The molecule has 25 heavy (non-hydrogen) atoms. The molecule has 3 nitrogen and oxygen atoms in total. The molecule has 2 aliphatic rings. The summed E-state index contributed by atoms with van der Waals surface area (Å²) in [6.07, 6.45) is 4.50. The van der Waals surface area contributed by atoms with Crippen LogP contribution in [0.4, 0.5) is 4.39 Å². The monoisotopic (exact) mass is 380 g/mol. The van der Waals surface area contributed by atoms with Crippen molar-refractivity contribution in [1.82, 2.24) is 10.6 Å². The van der Waals surface area contributed by atoms with Crippen LogP contribution in [0, 0.1) is 12.7 Å².